The highest BCUT2D eigenvalue weighted by Crippen LogP contribution is 2.51. The number of ether oxygens (including phenoxy) is 1. The number of hydrogen-bond donors (Lipinski definition) is 0. The molecule has 1 aromatic heterocycles. The maximum atomic E-state index is 6.82. The molecule has 0 saturated carbocycles. The van der Waals surface area contributed by atoms with E-state index in [1.54, 1.807) is 0 Å². The summed E-state index contributed by atoms with van der Waals surface area (Å²) in [6, 6.07) is 61.0. The summed E-state index contributed by atoms with van der Waals surface area (Å²) in [5.41, 5.74) is 9.55. The van der Waals surface area contributed by atoms with E-state index >= 15 is 0 Å². The van der Waals surface area contributed by atoms with E-state index in [9.17, 15) is 0 Å². The second-order valence-electron chi connectivity index (χ2n) is 12.8. The molecule has 0 aliphatic carbocycles. The molecule has 51 heavy (non-hydrogen) atoms. The molecule has 8 aromatic carbocycles. The van der Waals surface area contributed by atoms with Crippen molar-refractivity contribution in [1.29, 1.82) is 0 Å². The van der Waals surface area contributed by atoms with Crippen LogP contribution in [0.4, 0.5) is 0 Å². The minimum Gasteiger partial charge on any atom is -0.455 e. The Morgan fingerprint density at radius 1 is 0.333 bits per heavy atom. The molecule has 0 fully saturated rings. The van der Waals surface area contributed by atoms with Crippen molar-refractivity contribution in [3.05, 3.63) is 176 Å². The van der Waals surface area contributed by atoms with Crippen molar-refractivity contribution in [1.82, 2.24) is 15.0 Å². The summed E-state index contributed by atoms with van der Waals surface area (Å²) in [6.07, 6.45) is 0. The Morgan fingerprint density at radius 3 is 1.67 bits per heavy atom. The van der Waals surface area contributed by atoms with Crippen LogP contribution in [0.1, 0.15) is 0 Å². The highest BCUT2D eigenvalue weighted by atomic mass is 16.5. The number of fused-ring (bicyclic) bond motifs is 3. The standard InChI is InChI=1S/C47H29N3O/c1-3-12-33(13-4-1)45-48-46(34-14-5-2-6-15-34)50-47(49-45)41-27-28-42-43-38(18-10-19-39(41)43)40-20-9-17-37(44(40)51-42)32-24-21-31(22-25-32)36-26-23-30-11-7-8-16-35(30)29-36/h1-29H. The molecular formula is C47H29N3O. The summed E-state index contributed by atoms with van der Waals surface area (Å²) in [5, 5.41) is 4.57. The lowest BCUT2D eigenvalue weighted by atomic mass is 9.89. The van der Waals surface area contributed by atoms with Crippen LogP contribution in [-0.4, -0.2) is 15.0 Å². The largest absolute Gasteiger partial charge is 0.455 e. The van der Waals surface area contributed by atoms with Crippen LogP contribution in [0.15, 0.2) is 176 Å². The van der Waals surface area contributed by atoms with Gasteiger partial charge in [-0.3, -0.25) is 0 Å². The van der Waals surface area contributed by atoms with Crippen LogP contribution >= 0.6 is 0 Å². The lowest BCUT2D eigenvalue weighted by Gasteiger charge is -2.24. The van der Waals surface area contributed by atoms with Gasteiger partial charge in [0.2, 0.25) is 0 Å². The number of aromatic nitrogens is 3. The quantitative estimate of drug-likeness (QED) is 0.186. The minimum atomic E-state index is 0.623. The second-order valence-corrected chi connectivity index (χ2v) is 12.8. The van der Waals surface area contributed by atoms with Gasteiger partial charge in [-0.1, -0.05) is 158 Å². The summed E-state index contributed by atoms with van der Waals surface area (Å²) < 4.78 is 6.82. The van der Waals surface area contributed by atoms with Crippen LogP contribution in [0, 0.1) is 0 Å². The fraction of sp³-hybridized carbons (Fsp3) is 0. The Balaban J connectivity index is 1.07. The minimum absolute atomic E-state index is 0.623. The van der Waals surface area contributed by atoms with Gasteiger partial charge in [-0.2, -0.15) is 0 Å². The Bertz CT molecular complexity index is 2700. The zero-order valence-corrected chi connectivity index (χ0v) is 27.5. The number of rotatable bonds is 5. The zero-order chi connectivity index (χ0) is 33.7. The lowest BCUT2D eigenvalue weighted by Crippen LogP contribution is -2.02. The third-order valence-corrected chi connectivity index (χ3v) is 9.74. The van der Waals surface area contributed by atoms with E-state index in [0.29, 0.717) is 17.5 Å². The van der Waals surface area contributed by atoms with Gasteiger partial charge >= 0.3 is 0 Å². The molecule has 0 unspecified atom stereocenters. The molecule has 0 N–H and O–H groups in total. The van der Waals surface area contributed by atoms with Crippen LogP contribution in [-0.2, 0) is 0 Å². The van der Waals surface area contributed by atoms with Crippen LogP contribution in [0.25, 0.3) is 89.1 Å². The average Bonchev–Trinajstić information content (AvgIpc) is 3.21. The smallest absolute Gasteiger partial charge is 0.164 e. The van der Waals surface area contributed by atoms with E-state index in [1.165, 1.54) is 21.9 Å². The van der Waals surface area contributed by atoms with Crippen molar-refractivity contribution in [2.45, 2.75) is 0 Å². The van der Waals surface area contributed by atoms with Crippen molar-refractivity contribution < 1.29 is 4.74 Å². The first-order valence-corrected chi connectivity index (χ1v) is 17.1. The van der Waals surface area contributed by atoms with Crippen molar-refractivity contribution in [2.24, 2.45) is 0 Å². The van der Waals surface area contributed by atoms with Gasteiger partial charge in [0, 0.05) is 33.2 Å². The molecule has 0 radical (unpaired) electrons. The van der Waals surface area contributed by atoms with Gasteiger partial charge in [0.25, 0.3) is 0 Å². The van der Waals surface area contributed by atoms with Crippen LogP contribution in [0.2, 0.25) is 0 Å². The highest BCUT2D eigenvalue weighted by molar-refractivity contribution is 6.10. The Labute approximate surface area is 295 Å². The number of nitrogens with zero attached hydrogens (tertiary/aromatic N) is 3. The lowest BCUT2D eigenvalue weighted by molar-refractivity contribution is 0.489. The topological polar surface area (TPSA) is 47.9 Å². The molecule has 0 atom stereocenters. The second kappa shape index (κ2) is 11.9. The maximum absolute atomic E-state index is 6.82. The maximum Gasteiger partial charge on any atom is 0.164 e. The summed E-state index contributed by atoms with van der Waals surface area (Å²) >= 11 is 0. The SMILES string of the molecule is c1ccc(-c2nc(-c3ccccc3)nc(-c3ccc4c5c(cccc35)-c3cccc(-c5ccc(-c6ccc7ccccc7c6)cc5)c3O4)n2)cc1. The molecule has 1 aliphatic heterocycles. The molecule has 0 bridgehead atoms. The Kier molecular flexibility index (Phi) is 6.78. The molecule has 4 nitrogen and oxygen atoms in total. The van der Waals surface area contributed by atoms with Gasteiger partial charge in [0.15, 0.2) is 17.5 Å². The Hall–Kier alpha value is -6.91. The first kappa shape index (κ1) is 29.0. The fourth-order valence-electron chi connectivity index (χ4n) is 7.22. The van der Waals surface area contributed by atoms with Gasteiger partial charge < -0.3 is 4.74 Å². The average molecular weight is 652 g/mol. The van der Waals surface area contributed by atoms with Gasteiger partial charge in [-0.25, -0.2) is 15.0 Å². The summed E-state index contributed by atoms with van der Waals surface area (Å²) in [6.45, 7) is 0. The Morgan fingerprint density at radius 2 is 0.922 bits per heavy atom. The zero-order valence-electron chi connectivity index (χ0n) is 27.5. The molecular weight excluding hydrogens is 623 g/mol. The van der Waals surface area contributed by atoms with Crippen LogP contribution in [0.5, 0.6) is 11.5 Å². The van der Waals surface area contributed by atoms with Crippen LogP contribution < -0.4 is 4.74 Å². The van der Waals surface area contributed by atoms with E-state index in [2.05, 4.69) is 115 Å². The summed E-state index contributed by atoms with van der Waals surface area (Å²) in [5.74, 6) is 3.58. The molecule has 2 heterocycles. The molecule has 238 valence electrons. The molecule has 9 aromatic rings. The molecule has 0 spiro atoms. The van der Waals surface area contributed by atoms with Crippen molar-refractivity contribution >= 4 is 21.5 Å². The summed E-state index contributed by atoms with van der Waals surface area (Å²) in [7, 11) is 0. The summed E-state index contributed by atoms with van der Waals surface area (Å²) in [4.78, 5) is 15.0. The van der Waals surface area contributed by atoms with E-state index in [0.717, 1.165) is 61.2 Å². The van der Waals surface area contributed by atoms with Crippen molar-refractivity contribution in [3.8, 4) is 79.0 Å². The van der Waals surface area contributed by atoms with E-state index in [1.807, 2.05) is 60.7 Å². The third kappa shape index (κ3) is 5.04. The van der Waals surface area contributed by atoms with Crippen molar-refractivity contribution in [2.75, 3.05) is 0 Å². The number of benzene rings is 8. The van der Waals surface area contributed by atoms with E-state index in [-0.39, 0.29) is 0 Å². The normalized spacial score (nSPS) is 11.7. The van der Waals surface area contributed by atoms with Gasteiger partial charge in [0.1, 0.15) is 11.5 Å². The molecule has 4 heteroatoms. The predicted octanol–water partition coefficient (Wildman–Crippen LogP) is 12.3. The highest BCUT2D eigenvalue weighted by Gasteiger charge is 2.25. The number of hydrogen-bond acceptors (Lipinski definition) is 4. The first-order valence-electron chi connectivity index (χ1n) is 17.1. The van der Waals surface area contributed by atoms with Crippen LogP contribution in [0.3, 0.4) is 0 Å². The first-order chi connectivity index (χ1) is 25.3. The third-order valence-electron chi connectivity index (χ3n) is 9.74. The fourth-order valence-corrected chi connectivity index (χ4v) is 7.22. The van der Waals surface area contributed by atoms with Gasteiger partial charge in [-0.15, -0.1) is 0 Å². The number of para-hydroxylation sites is 1. The molecule has 0 saturated heterocycles. The van der Waals surface area contributed by atoms with E-state index in [4.69, 9.17) is 19.7 Å². The molecule has 0 amide bonds. The van der Waals surface area contributed by atoms with Gasteiger partial charge in [-0.05, 0) is 56.6 Å². The molecule has 10 rings (SSSR count). The predicted molar refractivity (Wildman–Crippen MR) is 208 cm³/mol. The van der Waals surface area contributed by atoms with E-state index < -0.39 is 0 Å². The molecule has 1 aliphatic rings. The van der Waals surface area contributed by atoms with Crippen molar-refractivity contribution in [3.63, 3.8) is 0 Å². The van der Waals surface area contributed by atoms with Gasteiger partial charge in [0.05, 0.1) is 0 Å². The monoisotopic (exact) mass is 651 g/mol.